The van der Waals surface area contributed by atoms with Crippen LogP contribution in [0.15, 0.2) is 12.3 Å². The van der Waals surface area contributed by atoms with E-state index in [4.69, 9.17) is 17.3 Å². The number of rotatable bonds is 3. The van der Waals surface area contributed by atoms with E-state index in [0.29, 0.717) is 22.4 Å². The molecule has 2 unspecified atom stereocenters. The number of nitrogens with zero attached hydrogens (tertiary/aromatic N) is 1. The van der Waals surface area contributed by atoms with Crippen LogP contribution in [-0.2, 0) is 0 Å². The number of hydrogen-bond donors (Lipinski definition) is 3. The van der Waals surface area contributed by atoms with E-state index in [1.165, 1.54) is 6.42 Å². The number of anilines is 2. The zero-order valence-electron chi connectivity index (χ0n) is 10.6. The lowest BCUT2D eigenvalue weighted by Crippen LogP contribution is -2.46. The molecule has 0 saturated heterocycles. The van der Waals surface area contributed by atoms with E-state index in [-0.39, 0.29) is 12.1 Å². The van der Waals surface area contributed by atoms with E-state index in [1.54, 1.807) is 12.3 Å². The average Bonchev–Trinajstić information content (AvgIpc) is 2.33. The van der Waals surface area contributed by atoms with Gasteiger partial charge in [0, 0.05) is 0 Å². The molecule has 1 aromatic heterocycles. The Morgan fingerprint density at radius 3 is 3.06 bits per heavy atom. The van der Waals surface area contributed by atoms with Gasteiger partial charge in [-0.3, -0.25) is 0 Å². The Balaban J connectivity index is 2.19. The Bertz CT molecular complexity index is 427. The highest BCUT2D eigenvalue weighted by Gasteiger charge is 2.35. The molecule has 0 radical (unpaired) electrons. The third-order valence-corrected chi connectivity index (χ3v) is 3.93. The molecular weight excluding hydrogens is 250 g/mol. The Kier molecular flexibility index (Phi) is 3.97. The quantitative estimate of drug-likeness (QED) is 0.789. The summed E-state index contributed by atoms with van der Waals surface area (Å²) in [6.45, 7) is 2.31. The first kappa shape index (κ1) is 13.4. The van der Waals surface area contributed by atoms with Crippen molar-refractivity contribution < 1.29 is 5.11 Å². The molecule has 4 N–H and O–H groups in total. The van der Waals surface area contributed by atoms with Crippen molar-refractivity contribution in [1.29, 1.82) is 0 Å². The fourth-order valence-electron chi connectivity index (χ4n) is 2.75. The summed E-state index contributed by atoms with van der Waals surface area (Å²) in [7, 11) is 0. The molecule has 2 atom stereocenters. The molecule has 1 aliphatic rings. The molecule has 1 fully saturated rings. The van der Waals surface area contributed by atoms with Gasteiger partial charge in [-0.2, -0.15) is 0 Å². The lowest BCUT2D eigenvalue weighted by Gasteiger charge is -2.40. The van der Waals surface area contributed by atoms with Gasteiger partial charge in [0.1, 0.15) is 5.82 Å². The van der Waals surface area contributed by atoms with Gasteiger partial charge in [-0.15, -0.1) is 0 Å². The molecule has 18 heavy (non-hydrogen) atoms. The highest BCUT2D eigenvalue weighted by atomic mass is 35.5. The number of pyridine rings is 1. The summed E-state index contributed by atoms with van der Waals surface area (Å²) >= 11 is 6.12. The molecule has 1 heterocycles. The summed E-state index contributed by atoms with van der Waals surface area (Å²) in [6.07, 6.45) is 5.78. The molecule has 1 aromatic rings. The molecule has 0 bridgehead atoms. The van der Waals surface area contributed by atoms with Crippen LogP contribution >= 0.6 is 11.6 Å². The Hall–Kier alpha value is -1.00. The van der Waals surface area contributed by atoms with E-state index in [9.17, 15) is 5.11 Å². The van der Waals surface area contributed by atoms with Crippen LogP contribution in [0, 0.1) is 5.92 Å². The van der Waals surface area contributed by atoms with E-state index in [1.807, 2.05) is 0 Å². The van der Waals surface area contributed by atoms with E-state index in [0.717, 1.165) is 19.3 Å². The van der Waals surface area contributed by atoms with Crippen LogP contribution in [0.2, 0.25) is 5.02 Å². The molecular formula is C13H20ClN3O. The number of halogens is 1. The second-order valence-corrected chi connectivity index (χ2v) is 5.77. The van der Waals surface area contributed by atoms with Gasteiger partial charge in [-0.25, -0.2) is 4.98 Å². The van der Waals surface area contributed by atoms with E-state index < -0.39 is 0 Å². The fraction of sp³-hybridized carbons (Fsp3) is 0.615. The number of aliphatic hydroxyl groups excluding tert-OH is 1. The molecule has 1 saturated carbocycles. The van der Waals surface area contributed by atoms with Gasteiger partial charge in [-0.05, 0) is 24.8 Å². The molecule has 5 heteroatoms. The highest BCUT2D eigenvalue weighted by Crippen LogP contribution is 2.36. The van der Waals surface area contributed by atoms with Crippen LogP contribution in [0.1, 0.15) is 32.6 Å². The fourth-order valence-corrected chi connectivity index (χ4v) is 2.97. The Morgan fingerprint density at radius 1 is 1.67 bits per heavy atom. The summed E-state index contributed by atoms with van der Waals surface area (Å²) in [6, 6.07) is 1.67. The maximum absolute atomic E-state index is 9.71. The predicted octanol–water partition coefficient (Wildman–Crippen LogP) is 2.67. The van der Waals surface area contributed by atoms with Crippen LogP contribution in [0.25, 0.3) is 0 Å². The van der Waals surface area contributed by atoms with E-state index >= 15 is 0 Å². The summed E-state index contributed by atoms with van der Waals surface area (Å²) in [4.78, 5) is 4.21. The SMILES string of the molecule is CC1CCCC(CO)(Nc2ncc(N)cc2Cl)C1. The van der Waals surface area contributed by atoms with Crippen molar-refractivity contribution >= 4 is 23.1 Å². The van der Waals surface area contributed by atoms with E-state index in [2.05, 4.69) is 17.2 Å². The van der Waals surface area contributed by atoms with Crippen molar-refractivity contribution in [3.63, 3.8) is 0 Å². The third kappa shape index (κ3) is 2.87. The summed E-state index contributed by atoms with van der Waals surface area (Å²) < 4.78 is 0. The van der Waals surface area contributed by atoms with Crippen LogP contribution in [-0.4, -0.2) is 22.2 Å². The van der Waals surface area contributed by atoms with Crippen molar-refractivity contribution in [2.24, 2.45) is 5.92 Å². The van der Waals surface area contributed by atoms with Crippen molar-refractivity contribution in [2.45, 2.75) is 38.1 Å². The van der Waals surface area contributed by atoms with Crippen molar-refractivity contribution in [2.75, 3.05) is 17.7 Å². The third-order valence-electron chi connectivity index (χ3n) is 3.64. The Labute approximate surface area is 113 Å². The minimum atomic E-state index is -0.301. The monoisotopic (exact) mass is 269 g/mol. The topological polar surface area (TPSA) is 71.2 Å². The molecule has 100 valence electrons. The van der Waals surface area contributed by atoms with Crippen LogP contribution in [0.3, 0.4) is 0 Å². The van der Waals surface area contributed by atoms with Gasteiger partial charge >= 0.3 is 0 Å². The predicted molar refractivity (Wildman–Crippen MR) is 74.7 cm³/mol. The zero-order valence-corrected chi connectivity index (χ0v) is 11.4. The molecule has 0 spiro atoms. The largest absolute Gasteiger partial charge is 0.397 e. The number of nitrogens with one attached hydrogen (secondary N) is 1. The summed E-state index contributed by atoms with van der Waals surface area (Å²) in [5.74, 6) is 1.21. The van der Waals surface area contributed by atoms with Gasteiger partial charge in [-0.1, -0.05) is 31.4 Å². The molecule has 0 aliphatic heterocycles. The lowest BCUT2D eigenvalue weighted by atomic mass is 9.77. The van der Waals surface area contributed by atoms with Gasteiger partial charge in [0.2, 0.25) is 0 Å². The van der Waals surface area contributed by atoms with Gasteiger partial charge < -0.3 is 16.2 Å². The first-order valence-electron chi connectivity index (χ1n) is 6.35. The smallest absolute Gasteiger partial charge is 0.145 e. The Morgan fingerprint density at radius 2 is 2.44 bits per heavy atom. The van der Waals surface area contributed by atoms with Crippen LogP contribution in [0.5, 0.6) is 0 Å². The zero-order chi connectivity index (χ0) is 13.2. The minimum Gasteiger partial charge on any atom is -0.397 e. The maximum Gasteiger partial charge on any atom is 0.145 e. The molecule has 0 amide bonds. The normalized spacial score (nSPS) is 28.1. The molecule has 2 rings (SSSR count). The highest BCUT2D eigenvalue weighted by molar-refractivity contribution is 6.33. The van der Waals surface area contributed by atoms with Gasteiger partial charge in [0.15, 0.2) is 0 Å². The minimum absolute atomic E-state index is 0.0969. The second-order valence-electron chi connectivity index (χ2n) is 5.36. The van der Waals surface area contributed by atoms with Gasteiger partial charge in [0.25, 0.3) is 0 Å². The van der Waals surface area contributed by atoms with Crippen LogP contribution in [0.4, 0.5) is 11.5 Å². The molecule has 1 aliphatic carbocycles. The average molecular weight is 270 g/mol. The number of hydrogen-bond acceptors (Lipinski definition) is 4. The summed E-state index contributed by atoms with van der Waals surface area (Å²) in [5.41, 5.74) is 5.87. The van der Waals surface area contributed by atoms with Gasteiger partial charge in [0.05, 0.1) is 29.1 Å². The lowest BCUT2D eigenvalue weighted by molar-refractivity contribution is 0.149. The number of nitrogens with two attached hydrogens (primary N) is 1. The number of aliphatic hydroxyl groups is 1. The molecule has 4 nitrogen and oxygen atoms in total. The second kappa shape index (κ2) is 5.33. The first-order chi connectivity index (χ1) is 8.54. The standard InChI is InChI=1S/C13H20ClN3O/c1-9-3-2-4-13(6-9,8-18)17-12-11(14)5-10(15)7-16-12/h5,7,9,18H,2-4,6,8,15H2,1H3,(H,16,17). The first-order valence-corrected chi connectivity index (χ1v) is 6.72. The number of nitrogen functional groups attached to an aromatic ring is 1. The van der Waals surface area contributed by atoms with Crippen molar-refractivity contribution in [3.8, 4) is 0 Å². The van der Waals surface area contributed by atoms with Crippen molar-refractivity contribution in [3.05, 3.63) is 17.3 Å². The van der Waals surface area contributed by atoms with Crippen LogP contribution < -0.4 is 11.1 Å². The maximum atomic E-state index is 9.71. The summed E-state index contributed by atoms with van der Waals surface area (Å²) in [5, 5.41) is 13.5. The number of aromatic nitrogens is 1. The van der Waals surface area contributed by atoms with Crippen molar-refractivity contribution in [1.82, 2.24) is 4.98 Å². The molecule has 0 aromatic carbocycles.